The van der Waals surface area contributed by atoms with Crippen molar-refractivity contribution in [3.05, 3.63) is 29.1 Å². The number of hydrogen-bond donors (Lipinski definition) is 1. The lowest BCUT2D eigenvalue weighted by Crippen LogP contribution is -2.49. The Kier molecular flexibility index (Phi) is 4.08. The zero-order valence-electron chi connectivity index (χ0n) is 12.3. The fourth-order valence-corrected chi connectivity index (χ4v) is 4.34. The molecule has 110 valence electrons. The van der Waals surface area contributed by atoms with Gasteiger partial charge < -0.3 is 0 Å². The van der Waals surface area contributed by atoms with Gasteiger partial charge in [-0.2, -0.15) is 5.10 Å². The molecule has 0 aromatic carbocycles. The van der Waals surface area contributed by atoms with Crippen molar-refractivity contribution in [2.24, 2.45) is 5.92 Å². The Bertz CT molecular complexity index is 537. The standard InChI is InChI=1S/C15H23N3OS/c1-3-4-18-9-11(10-20(2)19)5-12-6-14-13(7-15(12)18)8-16-17-14/h5,8,12,15H,3-4,6-7,9-10H2,1-2H3,(H,16,17)/t12-,15-,20?/m1/s1. The number of fused-ring (bicyclic) bond motifs is 2. The zero-order chi connectivity index (χ0) is 14.1. The molecule has 1 N–H and O–H groups in total. The maximum atomic E-state index is 11.5. The van der Waals surface area contributed by atoms with Gasteiger partial charge in [-0.3, -0.25) is 14.2 Å². The van der Waals surface area contributed by atoms with E-state index in [1.807, 2.05) is 6.20 Å². The van der Waals surface area contributed by atoms with Crippen molar-refractivity contribution in [3.63, 3.8) is 0 Å². The van der Waals surface area contributed by atoms with Gasteiger partial charge in [-0.05, 0) is 42.9 Å². The molecule has 1 aromatic rings. The summed E-state index contributed by atoms with van der Waals surface area (Å²) >= 11 is 0. The predicted molar refractivity (Wildman–Crippen MR) is 82.2 cm³/mol. The second kappa shape index (κ2) is 5.82. The fraction of sp³-hybridized carbons (Fsp3) is 0.667. The molecule has 2 heterocycles. The molecule has 4 nitrogen and oxygen atoms in total. The lowest BCUT2D eigenvalue weighted by Gasteiger charge is -2.42. The van der Waals surface area contributed by atoms with E-state index in [-0.39, 0.29) is 0 Å². The topological polar surface area (TPSA) is 49.0 Å². The van der Waals surface area contributed by atoms with Crippen LogP contribution in [-0.4, -0.2) is 50.4 Å². The SMILES string of the molecule is CCCN1CC(CS(C)=O)=C[C@@H]2Cc3[nH]ncc3C[C@H]21. The van der Waals surface area contributed by atoms with Gasteiger partial charge in [-0.1, -0.05) is 13.0 Å². The lowest BCUT2D eigenvalue weighted by molar-refractivity contribution is 0.149. The van der Waals surface area contributed by atoms with Crippen LogP contribution in [0.4, 0.5) is 0 Å². The molecule has 0 radical (unpaired) electrons. The van der Waals surface area contributed by atoms with Crippen LogP contribution in [0, 0.1) is 5.92 Å². The highest BCUT2D eigenvalue weighted by Crippen LogP contribution is 2.33. The number of nitrogens with one attached hydrogen (secondary N) is 1. The highest BCUT2D eigenvalue weighted by molar-refractivity contribution is 7.84. The van der Waals surface area contributed by atoms with E-state index >= 15 is 0 Å². The highest BCUT2D eigenvalue weighted by atomic mass is 32.2. The predicted octanol–water partition coefficient (Wildman–Crippen LogP) is 1.52. The Morgan fingerprint density at radius 3 is 3.10 bits per heavy atom. The Balaban J connectivity index is 1.86. The fourth-order valence-electron chi connectivity index (χ4n) is 3.63. The zero-order valence-corrected chi connectivity index (χ0v) is 13.1. The molecule has 0 fully saturated rings. The Morgan fingerprint density at radius 1 is 1.50 bits per heavy atom. The molecule has 1 aliphatic carbocycles. The van der Waals surface area contributed by atoms with Crippen LogP contribution in [0.25, 0.3) is 0 Å². The third-order valence-electron chi connectivity index (χ3n) is 4.40. The minimum Gasteiger partial charge on any atom is -0.296 e. The van der Waals surface area contributed by atoms with E-state index in [1.165, 1.54) is 23.3 Å². The van der Waals surface area contributed by atoms with Crippen molar-refractivity contribution in [3.8, 4) is 0 Å². The molecule has 0 amide bonds. The van der Waals surface area contributed by atoms with E-state index in [0.29, 0.717) is 12.0 Å². The molecule has 0 spiro atoms. The summed E-state index contributed by atoms with van der Waals surface area (Å²) in [4.78, 5) is 2.59. The van der Waals surface area contributed by atoms with Crippen molar-refractivity contribution in [1.29, 1.82) is 0 Å². The molecule has 3 rings (SSSR count). The number of hydrogen-bond acceptors (Lipinski definition) is 3. The van der Waals surface area contributed by atoms with Crippen molar-refractivity contribution in [1.82, 2.24) is 15.1 Å². The minimum absolute atomic E-state index is 0.543. The first-order valence-corrected chi connectivity index (χ1v) is 9.15. The van der Waals surface area contributed by atoms with Gasteiger partial charge in [0.1, 0.15) is 0 Å². The van der Waals surface area contributed by atoms with E-state index < -0.39 is 10.8 Å². The first-order valence-electron chi connectivity index (χ1n) is 7.42. The number of rotatable bonds is 4. The molecule has 3 atom stereocenters. The van der Waals surface area contributed by atoms with Gasteiger partial charge in [0.05, 0.1) is 6.20 Å². The smallest absolute Gasteiger partial charge is 0.0522 e. The molecule has 0 bridgehead atoms. The quantitative estimate of drug-likeness (QED) is 0.856. The molecule has 1 aromatic heterocycles. The van der Waals surface area contributed by atoms with E-state index in [4.69, 9.17) is 0 Å². The average Bonchev–Trinajstić information content (AvgIpc) is 2.83. The number of aromatic nitrogens is 2. The summed E-state index contributed by atoms with van der Waals surface area (Å²) in [5.41, 5.74) is 4.02. The van der Waals surface area contributed by atoms with Crippen LogP contribution in [0.1, 0.15) is 24.6 Å². The number of nitrogens with zero attached hydrogens (tertiary/aromatic N) is 2. The monoisotopic (exact) mass is 293 g/mol. The molecule has 1 unspecified atom stereocenters. The van der Waals surface area contributed by atoms with Gasteiger partial charge in [-0.15, -0.1) is 0 Å². The maximum Gasteiger partial charge on any atom is 0.0522 e. The molecular weight excluding hydrogens is 270 g/mol. The Morgan fingerprint density at radius 2 is 2.35 bits per heavy atom. The summed E-state index contributed by atoms with van der Waals surface area (Å²) < 4.78 is 11.5. The van der Waals surface area contributed by atoms with Crippen LogP contribution >= 0.6 is 0 Å². The summed E-state index contributed by atoms with van der Waals surface area (Å²) in [5.74, 6) is 1.26. The van der Waals surface area contributed by atoms with Gasteiger partial charge in [0, 0.05) is 41.1 Å². The van der Waals surface area contributed by atoms with Crippen LogP contribution in [0.15, 0.2) is 17.8 Å². The summed E-state index contributed by atoms with van der Waals surface area (Å²) in [5, 5.41) is 7.32. The van der Waals surface area contributed by atoms with E-state index in [1.54, 1.807) is 6.26 Å². The van der Waals surface area contributed by atoms with Crippen LogP contribution in [0.3, 0.4) is 0 Å². The van der Waals surface area contributed by atoms with Crippen LogP contribution in [0.5, 0.6) is 0 Å². The van der Waals surface area contributed by atoms with Crippen LogP contribution < -0.4 is 0 Å². The van der Waals surface area contributed by atoms with Gasteiger partial charge in [0.2, 0.25) is 0 Å². The first-order chi connectivity index (χ1) is 9.67. The van der Waals surface area contributed by atoms with Crippen molar-refractivity contribution < 1.29 is 4.21 Å². The third kappa shape index (κ3) is 2.74. The molecule has 2 aliphatic rings. The van der Waals surface area contributed by atoms with Crippen LogP contribution in [-0.2, 0) is 23.6 Å². The maximum absolute atomic E-state index is 11.5. The number of aromatic amines is 1. The van der Waals surface area contributed by atoms with E-state index in [9.17, 15) is 4.21 Å². The van der Waals surface area contributed by atoms with Crippen molar-refractivity contribution in [2.75, 3.05) is 25.1 Å². The van der Waals surface area contributed by atoms with Crippen molar-refractivity contribution >= 4 is 10.8 Å². The number of H-pyrrole nitrogens is 1. The van der Waals surface area contributed by atoms with Gasteiger partial charge in [0.25, 0.3) is 0 Å². The summed E-state index contributed by atoms with van der Waals surface area (Å²) in [6, 6.07) is 0.592. The van der Waals surface area contributed by atoms with Gasteiger partial charge in [0.15, 0.2) is 0 Å². The van der Waals surface area contributed by atoms with E-state index in [0.717, 1.165) is 31.7 Å². The average molecular weight is 293 g/mol. The molecular formula is C15H23N3OS. The minimum atomic E-state index is -0.747. The van der Waals surface area contributed by atoms with Crippen LogP contribution in [0.2, 0.25) is 0 Å². The third-order valence-corrected chi connectivity index (χ3v) is 5.17. The normalized spacial score (nSPS) is 27.6. The van der Waals surface area contributed by atoms with Crippen molar-refractivity contribution in [2.45, 2.75) is 32.2 Å². The largest absolute Gasteiger partial charge is 0.296 e. The lowest BCUT2D eigenvalue weighted by atomic mass is 9.79. The first kappa shape index (κ1) is 14.0. The summed E-state index contributed by atoms with van der Waals surface area (Å²) in [7, 11) is -0.747. The Hall–Kier alpha value is -0.940. The molecule has 0 saturated heterocycles. The summed E-state index contributed by atoms with van der Waals surface area (Å²) in [6.07, 6.45) is 9.47. The molecule has 5 heteroatoms. The molecule has 1 aliphatic heterocycles. The second-order valence-electron chi connectivity index (χ2n) is 6.03. The summed E-state index contributed by atoms with van der Waals surface area (Å²) in [6.45, 7) is 4.35. The molecule has 0 saturated carbocycles. The Labute approximate surface area is 123 Å². The van der Waals surface area contributed by atoms with Gasteiger partial charge >= 0.3 is 0 Å². The highest BCUT2D eigenvalue weighted by Gasteiger charge is 2.35. The van der Waals surface area contributed by atoms with Gasteiger partial charge in [-0.25, -0.2) is 0 Å². The molecule has 20 heavy (non-hydrogen) atoms. The van der Waals surface area contributed by atoms with E-state index in [2.05, 4.69) is 28.1 Å². The second-order valence-corrected chi connectivity index (χ2v) is 7.46.